The van der Waals surface area contributed by atoms with Crippen molar-refractivity contribution in [1.82, 2.24) is 5.32 Å². The Hall–Kier alpha value is -2.16. The van der Waals surface area contributed by atoms with Gasteiger partial charge in [0.2, 0.25) is 0 Å². The van der Waals surface area contributed by atoms with E-state index in [0.717, 1.165) is 29.9 Å². The molecule has 0 heterocycles. The molecule has 0 fully saturated rings. The first-order valence-electron chi connectivity index (χ1n) is 7.43. The number of carboxylic acid groups (broad SMARTS) is 2. The third-order valence-electron chi connectivity index (χ3n) is 3.03. The average Bonchev–Trinajstić information content (AvgIpc) is 2.60. The van der Waals surface area contributed by atoms with Crippen molar-refractivity contribution in [1.29, 1.82) is 0 Å². The topological polar surface area (TPSA) is 105 Å². The molecular weight excluding hydrogens is 394 g/mol. The molecule has 0 amide bonds. The van der Waals surface area contributed by atoms with Gasteiger partial charge in [-0.05, 0) is 32.8 Å². The van der Waals surface area contributed by atoms with Gasteiger partial charge in [-0.1, -0.05) is 30.3 Å². The summed E-state index contributed by atoms with van der Waals surface area (Å²) in [6.07, 6.45) is 0. The van der Waals surface area contributed by atoms with Gasteiger partial charge in [0.25, 0.3) is 0 Å². The minimum atomic E-state index is -1.82. The Bertz CT molecular complexity index is 695. The lowest BCUT2D eigenvalue weighted by molar-refractivity contribution is -0.159. The normalized spacial score (nSPS) is 10.0. The number of benzene rings is 2. The zero-order chi connectivity index (χ0) is 18.7. The third kappa shape index (κ3) is 7.51. The molecule has 2 rings (SSSR count). The monoisotopic (exact) mass is 413 g/mol. The van der Waals surface area contributed by atoms with Gasteiger partial charge >= 0.3 is 11.9 Å². The first-order chi connectivity index (χ1) is 12.0. The summed E-state index contributed by atoms with van der Waals surface area (Å²) in [5, 5.41) is 20.4. The Kier molecular flexibility index (Phi) is 9.53. The molecule has 2 aromatic rings. The minimum Gasteiger partial charge on any atom is -0.491 e. The smallest absolute Gasteiger partial charge is 0.414 e. The Morgan fingerprint density at radius 2 is 1.68 bits per heavy atom. The summed E-state index contributed by atoms with van der Waals surface area (Å²) in [7, 11) is 1.70. The zero-order valence-electron chi connectivity index (χ0n) is 13.7. The SMILES string of the molecule is COCCNCCOc1ccc2ccccc2c1Br.O=C(O)C(=O)O. The lowest BCUT2D eigenvalue weighted by Crippen LogP contribution is -2.24. The van der Waals surface area contributed by atoms with Crippen molar-refractivity contribution in [3.05, 3.63) is 40.9 Å². The van der Waals surface area contributed by atoms with Crippen LogP contribution in [0.4, 0.5) is 0 Å². The van der Waals surface area contributed by atoms with Gasteiger partial charge in [0.15, 0.2) is 0 Å². The number of ether oxygens (including phenoxy) is 2. The number of nitrogens with one attached hydrogen (secondary N) is 1. The second-order valence-corrected chi connectivity index (χ2v) is 5.59. The summed E-state index contributed by atoms with van der Waals surface area (Å²) in [6.45, 7) is 3.02. The number of fused-ring (bicyclic) bond motifs is 1. The zero-order valence-corrected chi connectivity index (χ0v) is 15.3. The van der Waals surface area contributed by atoms with Gasteiger partial charge in [-0.2, -0.15) is 0 Å². The molecule has 2 aromatic carbocycles. The van der Waals surface area contributed by atoms with Gasteiger partial charge in [0.1, 0.15) is 12.4 Å². The van der Waals surface area contributed by atoms with Crippen molar-refractivity contribution in [2.24, 2.45) is 0 Å². The third-order valence-corrected chi connectivity index (χ3v) is 3.85. The predicted octanol–water partition coefficient (Wildman–Crippen LogP) is 2.37. The molecule has 0 aliphatic rings. The molecule has 0 saturated heterocycles. The van der Waals surface area contributed by atoms with E-state index < -0.39 is 11.9 Å². The number of aliphatic carboxylic acids is 2. The summed E-state index contributed by atoms with van der Waals surface area (Å²) in [5.41, 5.74) is 0. The van der Waals surface area contributed by atoms with Crippen molar-refractivity contribution in [2.75, 3.05) is 33.4 Å². The van der Waals surface area contributed by atoms with Crippen molar-refractivity contribution in [2.45, 2.75) is 0 Å². The largest absolute Gasteiger partial charge is 0.491 e. The van der Waals surface area contributed by atoms with Gasteiger partial charge in [-0.15, -0.1) is 0 Å². The van der Waals surface area contributed by atoms with E-state index in [2.05, 4.69) is 39.4 Å². The molecule has 7 nitrogen and oxygen atoms in total. The first-order valence-corrected chi connectivity index (χ1v) is 8.22. The van der Waals surface area contributed by atoms with Crippen LogP contribution in [-0.2, 0) is 14.3 Å². The fourth-order valence-corrected chi connectivity index (χ4v) is 2.47. The van der Waals surface area contributed by atoms with E-state index in [0.29, 0.717) is 6.61 Å². The van der Waals surface area contributed by atoms with Crippen LogP contribution in [-0.4, -0.2) is 55.6 Å². The number of hydrogen-bond donors (Lipinski definition) is 3. The summed E-state index contributed by atoms with van der Waals surface area (Å²) in [6, 6.07) is 12.3. The number of halogens is 1. The molecule has 0 bridgehead atoms. The minimum absolute atomic E-state index is 0.640. The van der Waals surface area contributed by atoms with E-state index in [-0.39, 0.29) is 0 Å². The Morgan fingerprint density at radius 1 is 1.04 bits per heavy atom. The van der Waals surface area contributed by atoms with Crippen LogP contribution in [0.1, 0.15) is 0 Å². The molecule has 25 heavy (non-hydrogen) atoms. The maximum atomic E-state index is 9.10. The van der Waals surface area contributed by atoms with Crippen LogP contribution < -0.4 is 10.1 Å². The molecule has 136 valence electrons. The number of carboxylic acids is 2. The van der Waals surface area contributed by atoms with Crippen LogP contribution in [0.25, 0.3) is 10.8 Å². The van der Waals surface area contributed by atoms with E-state index in [1.165, 1.54) is 10.8 Å². The maximum Gasteiger partial charge on any atom is 0.414 e. The number of rotatable bonds is 7. The molecule has 0 aromatic heterocycles. The van der Waals surface area contributed by atoms with Crippen LogP contribution in [0.2, 0.25) is 0 Å². The van der Waals surface area contributed by atoms with Crippen molar-refractivity contribution in [3.63, 3.8) is 0 Å². The van der Waals surface area contributed by atoms with E-state index in [1.54, 1.807) is 7.11 Å². The van der Waals surface area contributed by atoms with Gasteiger partial charge in [-0.3, -0.25) is 0 Å². The highest BCUT2D eigenvalue weighted by Crippen LogP contribution is 2.32. The molecule has 0 atom stereocenters. The molecule has 0 saturated carbocycles. The molecule has 0 radical (unpaired) electrons. The van der Waals surface area contributed by atoms with Crippen molar-refractivity contribution in [3.8, 4) is 5.75 Å². The van der Waals surface area contributed by atoms with E-state index in [4.69, 9.17) is 29.3 Å². The average molecular weight is 414 g/mol. The molecule has 0 aliphatic heterocycles. The fraction of sp³-hybridized carbons (Fsp3) is 0.294. The second-order valence-electron chi connectivity index (χ2n) is 4.80. The Labute approximate surface area is 153 Å². The van der Waals surface area contributed by atoms with Crippen LogP contribution >= 0.6 is 15.9 Å². The summed E-state index contributed by atoms with van der Waals surface area (Å²) < 4.78 is 11.8. The van der Waals surface area contributed by atoms with Gasteiger partial charge < -0.3 is 25.0 Å². The fourth-order valence-electron chi connectivity index (χ4n) is 1.86. The predicted molar refractivity (Wildman–Crippen MR) is 97.2 cm³/mol. The standard InChI is InChI=1S/C15H18BrNO2.C2H2O4/c1-18-10-8-17-9-11-19-14-7-6-12-4-2-3-5-13(12)15(14)16;3-1(4)2(5)6/h2-7,17H,8-11H2,1H3;(H,3,4)(H,5,6). The summed E-state index contributed by atoms with van der Waals surface area (Å²) in [4.78, 5) is 18.2. The van der Waals surface area contributed by atoms with E-state index in [1.807, 2.05) is 18.2 Å². The highest BCUT2D eigenvalue weighted by Gasteiger charge is 2.05. The van der Waals surface area contributed by atoms with Crippen molar-refractivity contribution >= 4 is 38.6 Å². The van der Waals surface area contributed by atoms with Crippen molar-refractivity contribution < 1.29 is 29.3 Å². The number of carbonyl (C=O) groups is 2. The lowest BCUT2D eigenvalue weighted by Gasteiger charge is -2.11. The van der Waals surface area contributed by atoms with Gasteiger partial charge in [0.05, 0.1) is 11.1 Å². The highest BCUT2D eigenvalue weighted by molar-refractivity contribution is 9.10. The summed E-state index contributed by atoms with van der Waals surface area (Å²) >= 11 is 3.61. The summed E-state index contributed by atoms with van der Waals surface area (Å²) in [5.74, 6) is -2.77. The van der Waals surface area contributed by atoms with E-state index in [9.17, 15) is 0 Å². The van der Waals surface area contributed by atoms with Crippen LogP contribution in [0.15, 0.2) is 40.9 Å². The van der Waals surface area contributed by atoms with Crippen LogP contribution in [0.5, 0.6) is 5.75 Å². The van der Waals surface area contributed by atoms with E-state index >= 15 is 0 Å². The van der Waals surface area contributed by atoms with Gasteiger partial charge in [-0.25, -0.2) is 9.59 Å². The first kappa shape index (κ1) is 20.9. The molecule has 0 unspecified atom stereocenters. The molecule has 8 heteroatoms. The molecule has 0 spiro atoms. The van der Waals surface area contributed by atoms with Crippen LogP contribution in [0.3, 0.4) is 0 Å². The Balaban J connectivity index is 0.000000450. The number of methoxy groups -OCH3 is 1. The molecule has 3 N–H and O–H groups in total. The van der Waals surface area contributed by atoms with Crippen LogP contribution in [0, 0.1) is 0 Å². The molecule has 0 aliphatic carbocycles. The second kappa shape index (κ2) is 11.4. The quantitative estimate of drug-likeness (QED) is 0.472. The maximum absolute atomic E-state index is 9.10. The molecular formula is C17H20BrNO6. The Morgan fingerprint density at radius 3 is 2.32 bits per heavy atom. The number of hydrogen-bond acceptors (Lipinski definition) is 5. The highest BCUT2D eigenvalue weighted by atomic mass is 79.9. The lowest BCUT2D eigenvalue weighted by atomic mass is 10.1. The van der Waals surface area contributed by atoms with Gasteiger partial charge in [0, 0.05) is 20.2 Å².